The summed E-state index contributed by atoms with van der Waals surface area (Å²) < 4.78 is 43.0. The van der Waals surface area contributed by atoms with E-state index in [0.29, 0.717) is 31.2 Å². The van der Waals surface area contributed by atoms with E-state index in [4.69, 9.17) is 4.74 Å². The highest BCUT2D eigenvalue weighted by Gasteiger charge is 2.07. The zero-order valence-electron chi connectivity index (χ0n) is 16.4. The molecule has 0 bridgehead atoms. The summed E-state index contributed by atoms with van der Waals surface area (Å²) in [7, 11) is 1.67. The topological polar surface area (TPSA) is 61.4 Å². The molecule has 0 amide bonds. The van der Waals surface area contributed by atoms with Gasteiger partial charge in [0.15, 0.2) is 5.96 Å². The number of nitrogens with zero attached hydrogens (tertiary/aromatic N) is 1. The first kappa shape index (κ1) is 23.8. The molecule has 3 N–H and O–H groups in total. The van der Waals surface area contributed by atoms with Gasteiger partial charge in [-0.25, -0.2) is 13.2 Å². The number of H-pyrrole nitrogens is 1. The molecule has 0 unspecified atom stereocenters. The number of aliphatic imine (C=N–C) groups is 1. The van der Waals surface area contributed by atoms with Crippen LogP contribution in [0.15, 0.2) is 53.7 Å². The summed E-state index contributed by atoms with van der Waals surface area (Å²) in [6.45, 7) is 0.447. The van der Waals surface area contributed by atoms with Crippen LogP contribution in [0.5, 0.6) is 5.75 Å². The number of ether oxygens (including phenoxy) is 1. The van der Waals surface area contributed by atoms with Crippen LogP contribution >= 0.6 is 24.0 Å². The van der Waals surface area contributed by atoms with Crippen molar-refractivity contribution < 1.29 is 17.9 Å². The number of rotatable bonds is 8. The summed E-state index contributed by atoms with van der Waals surface area (Å²) in [5.74, 6) is 0.748. The normalized spacial score (nSPS) is 11.4. The third-order valence-electron chi connectivity index (χ3n) is 4.37. The molecule has 5 nitrogen and oxygen atoms in total. The van der Waals surface area contributed by atoms with E-state index in [9.17, 15) is 13.2 Å². The van der Waals surface area contributed by atoms with E-state index in [1.54, 1.807) is 31.3 Å². The molecule has 1 heterocycles. The van der Waals surface area contributed by atoms with Crippen molar-refractivity contribution in [3.05, 3.63) is 65.6 Å². The fourth-order valence-electron chi connectivity index (χ4n) is 2.98. The first-order valence-electron chi connectivity index (χ1n) is 9.25. The number of fused-ring (bicyclic) bond motifs is 1. The first-order valence-corrected chi connectivity index (χ1v) is 9.25. The van der Waals surface area contributed by atoms with Gasteiger partial charge in [0.1, 0.15) is 18.2 Å². The third kappa shape index (κ3) is 6.82. The number of halogens is 4. The highest BCUT2D eigenvalue weighted by molar-refractivity contribution is 14.0. The van der Waals surface area contributed by atoms with E-state index >= 15 is 0 Å². The summed E-state index contributed by atoms with van der Waals surface area (Å²) in [5, 5.41) is 7.26. The Balaban J connectivity index is 0.00000320. The number of hydrogen-bond acceptors (Lipinski definition) is 2. The van der Waals surface area contributed by atoms with E-state index in [-0.39, 0.29) is 29.8 Å². The van der Waals surface area contributed by atoms with Crippen LogP contribution in [0, 0.1) is 5.82 Å². The molecule has 0 atom stereocenters. The molecular weight excluding hydrogens is 508 g/mol. The summed E-state index contributed by atoms with van der Waals surface area (Å²) in [6, 6.07) is 11.7. The Labute approximate surface area is 190 Å². The van der Waals surface area contributed by atoms with Crippen LogP contribution in [-0.4, -0.2) is 37.6 Å². The van der Waals surface area contributed by atoms with Crippen LogP contribution in [-0.2, 0) is 13.0 Å². The molecule has 0 saturated heterocycles. The monoisotopic (exact) mass is 532 g/mol. The number of hydrogen-bond donors (Lipinski definition) is 3. The molecule has 0 spiro atoms. The van der Waals surface area contributed by atoms with E-state index in [1.807, 2.05) is 12.3 Å². The fraction of sp³-hybridized carbons (Fsp3) is 0.286. The quantitative estimate of drug-likeness (QED) is 0.228. The van der Waals surface area contributed by atoms with Gasteiger partial charge in [-0.05, 0) is 47.9 Å². The smallest absolute Gasteiger partial charge is 0.272 e. The van der Waals surface area contributed by atoms with Crippen molar-refractivity contribution >= 4 is 40.8 Å². The van der Waals surface area contributed by atoms with Crippen LogP contribution in [0.1, 0.15) is 11.1 Å². The molecule has 3 aromatic rings. The molecule has 30 heavy (non-hydrogen) atoms. The lowest BCUT2D eigenvalue weighted by Gasteiger charge is -2.13. The molecule has 2 aromatic carbocycles. The summed E-state index contributed by atoms with van der Waals surface area (Å²) in [6.07, 6.45) is 0.0713. The second kappa shape index (κ2) is 11.7. The predicted molar refractivity (Wildman–Crippen MR) is 124 cm³/mol. The van der Waals surface area contributed by atoms with Crippen molar-refractivity contribution in [1.29, 1.82) is 0 Å². The number of benzene rings is 2. The van der Waals surface area contributed by atoms with Gasteiger partial charge in [-0.2, -0.15) is 0 Å². The molecule has 0 aliphatic carbocycles. The highest BCUT2D eigenvalue weighted by Crippen LogP contribution is 2.19. The van der Waals surface area contributed by atoms with Gasteiger partial charge in [0, 0.05) is 37.2 Å². The lowest BCUT2D eigenvalue weighted by Crippen LogP contribution is -2.37. The van der Waals surface area contributed by atoms with Crippen molar-refractivity contribution in [2.75, 3.05) is 20.2 Å². The van der Waals surface area contributed by atoms with Crippen molar-refractivity contribution in [3.8, 4) is 5.75 Å². The number of alkyl halides is 2. The average molecular weight is 532 g/mol. The third-order valence-corrected chi connectivity index (χ3v) is 4.37. The number of nitrogens with one attached hydrogen (secondary N) is 3. The van der Waals surface area contributed by atoms with Gasteiger partial charge in [0.05, 0.1) is 0 Å². The molecule has 1 aromatic heterocycles. The Kier molecular flexibility index (Phi) is 9.28. The molecule has 3 rings (SSSR count). The van der Waals surface area contributed by atoms with Crippen molar-refractivity contribution in [1.82, 2.24) is 15.6 Å². The van der Waals surface area contributed by atoms with Gasteiger partial charge in [-0.1, -0.05) is 12.1 Å². The Hall–Kier alpha value is -2.43. The lowest BCUT2D eigenvalue weighted by atomic mass is 10.1. The van der Waals surface area contributed by atoms with Crippen LogP contribution in [0.4, 0.5) is 13.2 Å². The maximum Gasteiger partial charge on any atom is 0.272 e. The van der Waals surface area contributed by atoms with Crippen molar-refractivity contribution in [3.63, 3.8) is 0 Å². The van der Waals surface area contributed by atoms with Gasteiger partial charge in [-0.3, -0.25) is 4.99 Å². The molecular formula is C21H24F3IN4O. The highest BCUT2D eigenvalue weighted by atomic mass is 127. The second-order valence-corrected chi connectivity index (χ2v) is 6.46. The standard InChI is InChI=1S/C21H23F3N4O.HI/c1-25-21(28-11-14-3-2-4-17(9-14)29-13-20(23)24)26-8-7-15-12-27-19-6-5-16(22)10-18(15)19;/h2-6,9-10,12,20,27H,7-8,11,13H2,1H3,(H2,25,26,28);1H. The minimum absolute atomic E-state index is 0. The Bertz CT molecular complexity index is 978. The number of guanidine groups is 1. The predicted octanol–water partition coefficient (Wildman–Crippen LogP) is 4.48. The van der Waals surface area contributed by atoms with Gasteiger partial charge < -0.3 is 20.4 Å². The van der Waals surface area contributed by atoms with Crippen LogP contribution in [0.3, 0.4) is 0 Å². The first-order chi connectivity index (χ1) is 14.0. The maximum absolute atomic E-state index is 13.5. The van der Waals surface area contributed by atoms with Gasteiger partial charge in [-0.15, -0.1) is 24.0 Å². The lowest BCUT2D eigenvalue weighted by molar-refractivity contribution is 0.0818. The largest absolute Gasteiger partial charge is 0.488 e. The van der Waals surface area contributed by atoms with Gasteiger partial charge in [0.2, 0.25) is 0 Å². The summed E-state index contributed by atoms with van der Waals surface area (Å²) in [5.41, 5.74) is 2.80. The average Bonchev–Trinajstić information content (AvgIpc) is 3.11. The van der Waals surface area contributed by atoms with Gasteiger partial charge >= 0.3 is 0 Å². The molecule has 0 saturated carbocycles. The molecule has 0 aliphatic heterocycles. The maximum atomic E-state index is 13.5. The zero-order valence-corrected chi connectivity index (χ0v) is 18.8. The zero-order chi connectivity index (χ0) is 20.6. The van der Waals surface area contributed by atoms with E-state index in [1.165, 1.54) is 12.1 Å². The minimum atomic E-state index is -2.51. The van der Waals surface area contributed by atoms with Crippen LogP contribution in [0.2, 0.25) is 0 Å². The van der Waals surface area contributed by atoms with Crippen LogP contribution < -0.4 is 15.4 Å². The van der Waals surface area contributed by atoms with Crippen molar-refractivity contribution in [2.45, 2.75) is 19.4 Å². The summed E-state index contributed by atoms with van der Waals surface area (Å²) >= 11 is 0. The van der Waals surface area contributed by atoms with Crippen molar-refractivity contribution in [2.24, 2.45) is 4.99 Å². The van der Waals surface area contributed by atoms with E-state index < -0.39 is 13.0 Å². The van der Waals surface area contributed by atoms with Crippen LogP contribution in [0.25, 0.3) is 10.9 Å². The van der Waals surface area contributed by atoms with E-state index in [2.05, 4.69) is 20.6 Å². The molecule has 9 heteroatoms. The number of aromatic nitrogens is 1. The van der Waals surface area contributed by atoms with E-state index in [0.717, 1.165) is 22.0 Å². The Morgan fingerprint density at radius 3 is 2.77 bits per heavy atom. The molecule has 0 fully saturated rings. The Morgan fingerprint density at radius 2 is 2.00 bits per heavy atom. The SMILES string of the molecule is CN=C(NCCc1c[nH]c2ccc(F)cc12)NCc1cccc(OCC(F)F)c1.I. The number of aromatic amines is 1. The Morgan fingerprint density at radius 1 is 1.17 bits per heavy atom. The molecule has 0 radical (unpaired) electrons. The molecule has 0 aliphatic rings. The minimum Gasteiger partial charge on any atom is -0.488 e. The van der Waals surface area contributed by atoms with Gasteiger partial charge in [0.25, 0.3) is 6.43 Å². The summed E-state index contributed by atoms with van der Waals surface area (Å²) in [4.78, 5) is 7.31. The fourth-order valence-corrected chi connectivity index (χ4v) is 2.98. The second-order valence-electron chi connectivity index (χ2n) is 6.46. The molecule has 162 valence electrons.